The Morgan fingerprint density at radius 2 is 2.05 bits per heavy atom. The van der Waals surface area contributed by atoms with Crippen LogP contribution in [0.25, 0.3) is 0 Å². The first-order chi connectivity index (χ1) is 9.88. The van der Waals surface area contributed by atoms with Crippen molar-refractivity contribution in [2.45, 2.75) is 40.3 Å². The molecule has 0 amide bonds. The topological polar surface area (TPSA) is 73.0 Å². The monoisotopic (exact) mass is 288 g/mol. The van der Waals surface area contributed by atoms with Gasteiger partial charge in [0.05, 0.1) is 11.1 Å². The summed E-state index contributed by atoms with van der Waals surface area (Å²) in [5.41, 5.74) is 3.64. The van der Waals surface area contributed by atoms with Crippen molar-refractivity contribution < 1.29 is 4.92 Å². The van der Waals surface area contributed by atoms with Gasteiger partial charge in [-0.1, -0.05) is 0 Å². The second kappa shape index (κ2) is 5.95. The summed E-state index contributed by atoms with van der Waals surface area (Å²) >= 11 is 0. The van der Waals surface area contributed by atoms with E-state index in [1.165, 1.54) is 0 Å². The molecule has 21 heavy (non-hydrogen) atoms. The van der Waals surface area contributed by atoms with Gasteiger partial charge < -0.3 is 5.32 Å². The SMILES string of the molecule is Cc1cc(C)c([N+](=O)[O-])cc1NCc1cnn(C(C)C)c1. The van der Waals surface area contributed by atoms with Crippen molar-refractivity contribution in [2.24, 2.45) is 0 Å². The minimum Gasteiger partial charge on any atom is -0.380 e. The summed E-state index contributed by atoms with van der Waals surface area (Å²) in [5, 5.41) is 18.5. The lowest BCUT2D eigenvalue weighted by Gasteiger charge is -2.10. The summed E-state index contributed by atoms with van der Waals surface area (Å²) in [6, 6.07) is 3.75. The Morgan fingerprint density at radius 3 is 2.62 bits per heavy atom. The molecule has 0 fully saturated rings. The first kappa shape index (κ1) is 15.0. The highest BCUT2D eigenvalue weighted by atomic mass is 16.6. The Morgan fingerprint density at radius 1 is 1.33 bits per heavy atom. The quantitative estimate of drug-likeness (QED) is 0.674. The van der Waals surface area contributed by atoms with Crippen LogP contribution in [-0.2, 0) is 6.54 Å². The molecule has 2 aromatic rings. The van der Waals surface area contributed by atoms with Gasteiger partial charge in [-0.15, -0.1) is 0 Å². The van der Waals surface area contributed by atoms with Crippen molar-refractivity contribution in [3.63, 3.8) is 0 Å². The van der Waals surface area contributed by atoms with Crippen molar-refractivity contribution in [3.8, 4) is 0 Å². The molecule has 2 rings (SSSR count). The van der Waals surface area contributed by atoms with Crippen molar-refractivity contribution >= 4 is 11.4 Å². The molecule has 0 aliphatic heterocycles. The molecule has 0 aliphatic rings. The molecule has 1 heterocycles. The van der Waals surface area contributed by atoms with Crippen molar-refractivity contribution in [1.29, 1.82) is 0 Å². The molecule has 1 aromatic heterocycles. The summed E-state index contributed by atoms with van der Waals surface area (Å²) < 4.78 is 1.89. The fraction of sp³-hybridized carbons (Fsp3) is 0.400. The van der Waals surface area contributed by atoms with E-state index in [9.17, 15) is 10.1 Å². The Kier molecular flexibility index (Phi) is 4.26. The number of hydrogen-bond acceptors (Lipinski definition) is 4. The third-order valence-corrected chi connectivity index (χ3v) is 3.41. The highest BCUT2D eigenvalue weighted by Gasteiger charge is 2.13. The highest BCUT2D eigenvalue weighted by molar-refractivity contribution is 5.60. The second-order valence-electron chi connectivity index (χ2n) is 5.49. The van der Waals surface area contributed by atoms with E-state index in [4.69, 9.17) is 0 Å². The van der Waals surface area contributed by atoms with Gasteiger partial charge in [0, 0.05) is 41.7 Å². The van der Waals surface area contributed by atoms with Gasteiger partial charge >= 0.3 is 0 Å². The Balaban J connectivity index is 2.15. The maximum Gasteiger partial charge on any atom is 0.274 e. The van der Waals surface area contributed by atoms with E-state index in [-0.39, 0.29) is 10.6 Å². The number of nitro benzene ring substituents is 1. The van der Waals surface area contributed by atoms with Crippen LogP contribution in [0.4, 0.5) is 11.4 Å². The predicted molar refractivity (Wildman–Crippen MR) is 82.5 cm³/mol. The lowest BCUT2D eigenvalue weighted by molar-refractivity contribution is -0.385. The van der Waals surface area contributed by atoms with Crippen molar-refractivity contribution in [2.75, 3.05) is 5.32 Å². The van der Waals surface area contributed by atoms with Gasteiger partial charge in [-0.3, -0.25) is 14.8 Å². The average molecular weight is 288 g/mol. The first-order valence-electron chi connectivity index (χ1n) is 6.91. The van der Waals surface area contributed by atoms with Crippen LogP contribution in [0.5, 0.6) is 0 Å². The number of nitrogens with zero attached hydrogens (tertiary/aromatic N) is 3. The maximum atomic E-state index is 11.0. The standard InChI is InChI=1S/C15H20N4O2/c1-10(2)18-9-13(8-17-18)7-16-14-6-15(19(20)21)12(4)5-11(14)3/h5-6,8-10,16H,7H2,1-4H3. The number of anilines is 1. The number of aryl methyl sites for hydroxylation is 2. The molecule has 6 nitrogen and oxygen atoms in total. The van der Waals surface area contributed by atoms with Crippen LogP contribution in [0.3, 0.4) is 0 Å². The maximum absolute atomic E-state index is 11.0. The van der Waals surface area contributed by atoms with Crippen molar-refractivity contribution in [3.05, 3.63) is 51.3 Å². The molecule has 0 saturated carbocycles. The third kappa shape index (κ3) is 3.39. The van der Waals surface area contributed by atoms with Crippen LogP contribution in [-0.4, -0.2) is 14.7 Å². The third-order valence-electron chi connectivity index (χ3n) is 3.41. The van der Waals surface area contributed by atoms with Crippen LogP contribution in [0.1, 0.15) is 36.6 Å². The number of aromatic nitrogens is 2. The summed E-state index contributed by atoms with van der Waals surface area (Å²) in [5.74, 6) is 0. The second-order valence-corrected chi connectivity index (χ2v) is 5.49. The van der Waals surface area contributed by atoms with Crippen LogP contribution in [0, 0.1) is 24.0 Å². The van der Waals surface area contributed by atoms with E-state index in [2.05, 4.69) is 24.3 Å². The zero-order valence-corrected chi connectivity index (χ0v) is 12.8. The van der Waals surface area contributed by atoms with Crippen LogP contribution in [0.15, 0.2) is 24.5 Å². The summed E-state index contributed by atoms with van der Waals surface area (Å²) in [7, 11) is 0. The fourth-order valence-electron chi connectivity index (χ4n) is 2.18. The van der Waals surface area contributed by atoms with Gasteiger partial charge in [-0.2, -0.15) is 5.10 Å². The Bertz CT molecular complexity index is 662. The molecule has 0 radical (unpaired) electrons. The van der Waals surface area contributed by atoms with Crippen molar-refractivity contribution in [1.82, 2.24) is 9.78 Å². The summed E-state index contributed by atoms with van der Waals surface area (Å²) in [6.45, 7) is 8.42. The molecule has 0 atom stereocenters. The van der Waals surface area contributed by atoms with Gasteiger partial charge in [0.25, 0.3) is 5.69 Å². The van der Waals surface area contributed by atoms with Gasteiger partial charge in [0.15, 0.2) is 0 Å². The predicted octanol–water partition coefficient (Wildman–Crippen LogP) is 3.60. The van der Waals surface area contributed by atoms with Gasteiger partial charge in [-0.25, -0.2) is 0 Å². The molecule has 0 spiro atoms. The minimum absolute atomic E-state index is 0.140. The van der Waals surface area contributed by atoms with E-state index in [0.29, 0.717) is 18.2 Å². The Labute approximate surface area is 123 Å². The molecular weight excluding hydrogens is 268 g/mol. The Hall–Kier alpha value is -2.37. The molecule has 6 heteroatoms. The van der Waals surface area contributed by atoms with E-state index in [1.807, 2.05) is 30.1 Å². The number of rotatable bonds is 5. The largest absolute Gasteiger partial charge is 0.380 e. The molecule has 0 saturated heterocycles. The van der Waals surface area contributed by atoms with E-state index in [1.54, 1.807) is 13.0 Å². The molecule has 1 aromatic carbocycles. The molecule has 0 unspecified atom stereocenters. The lowest BCUT2D eigenvalue weighted by Crippen LogP contribution is -2.03. The number of nitro groups is 1. The highest BCUT2D eigenvalue weighted by Crippen LogP contribution is 2.26. The van der Waals surface area contributed by atoms with Gasteiger partial charge in [0.1, 0.15) is 0 Å². The minimum atomic E-state index is -0.350. The number of nitrogens with one attached hydrogen (secondary N) is 1. The molecular formula is C15H20N4O2. The first-order valence-corrected chi connectivity index (χ1v) is 6.91. The van der Waals surface area contributed by atoms with Gasteiger partial charge in [0.2, 0.25) is 0 Å². The van der Waals surface area contributed by atoms with Crippen LogP contribution in [0.2, 0.25) is 0 Å². The van der Waals surface area contributed by atoms with E-state index >= 15 is 0 Å². The van der Waals surface area contributed by atoms with E-state index in [0.717, 1.165) is 16.8 Å². The molecule has 0 aliphatic carbocycles. The summed E-state index contributed by atoms with van der Waals surface area (Å²) in [6.07, 6.45) is 3.79. The summed E-state index contributed by atoms with van der Waals surface area (Å²) in [4.78, 5) is 10.7. The normalized spacial score (nSPS) is 10.9. The molecule has 0 bridgehead atoms. The zero-order valence-electron chi connectivity index (χ0n) is 12.8. The number of benzene rings is 1. The van der Waals surface area contributed by atoms with Gasteiger partial charge in [-0.05, 0) is 39.3 Å². The average Bonchev–Trinajstić information content (AvgIpc) is 2.86. The number of hydrogen-bond donors (Lipinski definition) is 1. The molecule has 1 N–H and O–H groups in total. The van der Waals surface area contributed by atoms with Crippen LogP contribution < -0.4 is 5.32 Å². The van der Waals surface area contributed by atoms with E-state index < -0.39 is 0 Å². The smallest absolute Gasteiger partial charge is 0.274 e. The van der Waals surface area contributed by atoms with Crippen LogP contribution >= 0.6 is 0 Å². The zero-order chi connectivity index (χ0) is 15.6. The fourth-order valence-corrected chi connectivity index (χ4v) is 2.18. The molecule has 112 valence electrons. The lowest BCUT2D eigenvalue weighted by atomic mass is 10.1.